The van der Waals surface area contributed by atoms with E-state index in [9.17, 15) is 9.59 Å². The van der Waals surface area contributed by atoms with Crippen molar-refractivity contribution in [3.8, 4) is 5.75 Å². The molecule has 0 bridgehead atoms. The predicted octanol–water partition coefficient (Wildman–Crippen LogP) is 1.54. The summed E-state index contributed by atoms with van der Waals surface area (Å²) in [5, 5.41) is 5.66. The van der Waals surface area contributed by atoms with Gasteiger partial charge < -0.3 is 21.1 Å². The Bertz CT molecular complexity index is 547. The van der Waals surface area contributed by atoms with Crippen molar-refractivity contribution < 1.29 is 14.3 Å². The number of hydrogen-bond acceptors (Lipinski definition) is 4. The lowest BCUT2D eigenvalue weighted by atomic mass is 10.1. The van der Waals surface area contributed by atoms with Gasteiger partial charge in [-0.3, -0.25) is 9.59 Å². The van der Waals surface area contributed by atoms with Crippen LogP contribution in [-0.2, 0) is 4.79 Å². The third-order valence-corrected chi connectivity index (χ3v) is 3.44. The summed E-state index contributed by atoms with van der Waals surface area (Å²) in [4.78, 5) is 24.2. The molecule has 2 amide bonds. The fourth-order valence-corrected chi connectivity index (χ4v) is 1.80. The molecule has 0 radical (unpaired) electrons. The number of anilines is 1. The summed E-state index contributed by atoms with van der Waals surface area (Å²) in [5.74, 6) is -0.150. The highest BCUT2D eigenvalue weighted by atomic mass is 35.5. The summed E-state index contributed by atoms with van der Waals surface area (Å²) in [7, 11) is 1.53. The van der Waals surface area contributed by atoms with Crippen LogP contribution in [-0.4, -0.2) is 31.5 Å². The number of rotatable bonds is 6. The molecular formula is C15H22ClN3O3. The first-order valence-electron chi connectivity index (χ1n) is 7.05. The van der Waals surface area contributed by atoms with Crippen LogP contribution in [0.5, 0.6) is 5.75 Å². The Balaban J connectivity index is 0.00000242. The van der Waals surface area contributed by atoms with Gasteiger partial charge in [0.2, 0.25) is 5.91 Å². The van der Waals surface area contributed by atoms with E-state index in [-0.39, 0.29) is 42.7 Å². The third kappa shape index (κ3) is 4.61. The quantitative estimate of drug-likeness (QED) is 0.739. The normalized spacial score (nSPS) is 14.5. The molecule has 1 aromatic rings. The molecule has 1 aliphatic rings. The number of ether oxygens (including phenoxy) is 1. The van der Waals surface area contributed by atoms with Gasteiger partial charge in [-0.25, -0.2) is 0 Å². The molecule has 1 unspecified atom stereocenters. The molecule has 22 heavy (non-hydrogen) atoms. The van der Waals surface area contributed by atoms with Crippen LogP contribution >= 0.6 is 12.4 Å². The zero-order valence-electron chi connectivity index (χ0n) is 12.7. The lowest BCUT2D eigenvalue weighted by Gasteiger charge is -2.14. The first-order chi connectivity index (χ1) is 10.0. The van der Waals surface area contributed by atoms with Crippen LogP contribution in [0.15, 0.2) is 18.2 Å². The molecule has 0 aliphatic heterocycles. The zero-order valence-corrected chi connectivity index (χ0v) is 13.5. The Kier molecular flexibility index (Phi) is 6.64. The van der Waals surface area contributed by atoms with Gasteiger partial charge in [-0.2, -0.15) is 0 Å². The van der Waals surface area contributed by atoms with Crippen LogP contribution in [0.3, 0.4) is 0 Å². The van der Waals surface area contributed by atoms with E-state index >= 15 is 0 Å². The van der Waals surface area contributed by atoms with E-state index in [4.69, 9.17) is 10.5 Å². The van der Waals surface area contributed by atoms with E-state index in [1.54, 1.807) is 25.1 Å². The van der Waals surface area contributed by atoms with Crippen molar-refractivity contribution in [2.45, 2.75) is 25.8 Å². The minimum Gasteiger partial charge on any atom is -0.497 e. The van der Waals surface area contributed by atoms with Crippen LogP contribution in [0, 0.1) is 5.92 Å². The van der Waals surface area contributed by atoms with Gasteiger partial charge in [0, 0.05) is 18.5 Å². The van der Waals surface area contributed by atoms with Gasteiger partial charge >= 0.3 is 0 Å². The molecule has 2 rings (SSSR count). The molecule has 0 spiro atoms. The maximum atomic E-state index is 12.3. The molecule has 6 nitrogen and oxygen atoms in total. The van der Waals surface area contributed by atoms with E-state index in [1.807, 2.05) is 0 Å². The Morgan fingerprint density at radius 3 is 2.64 bits per heavy atom. The third-order valence-electron chi connectivity index (χ3n) is 3.44. The van der Waals surface area contributed by atoms with Crippen molar-refractivity contribution in [3.63, 3.8) is 0 Å². The molecule has 0 saturated heterocycles. The number of halogens is 1. The molecule has 1 aromatic carbocycles. The predicted molar refractivity (Wildman–Crippen MR) is 87.6 cm³/mol. The largest absolute Gasteiger partial charge is 0.497 e. The van der Waals surface area contributed by atoms with Gasteiger partial charge in [-0.1, -0.05) is 6.92 Å². The Morgan fingerprint density at radius 2 is 2.09 bits per heavy atom. The zero-order chi connectivity index (χ0) is 15.4. The van der Waals surface area contributed by atoms with Gasteiger partial charge in [0.05, 0.1) is 18.4 Å². The Hall–Kier alpha value is -1.79. The average Bonchev–Trinajstić information content (AvgIpc) is 3.30. The lowest BCUT2D eigenvalue weighted by molar-refractivity contribution is -0.119. The second-order valence-corrected chi connectivity index (χ2v) is 5.29. The molecule has 1 atom stereocenters. The van der Waals surface area contributed by atoms with Crippen molar-refractivity contribution in [3.05, 3.63) is 23.8 Å². The summed E-state index contributed by atoms with van der Waals surface area (Å²) >= 11 is 0. The topological polar surface area (TPSA) is 93.4 Å². The van der Waals surface area contributed by atoms with E-state index in [1.165, 1.54) is 7.11 Å². The molecule has 122 valence electrons. The number of carbonyl (C=O) groups excluding carboxylic acids is 2. The van der Waals surface area contributed by atoms with Crippen molar-refractivity contribution in [2.24, 2.45) is 11.7 Å². The van der Waals surface area contributed by atoms with Gasteiger partial charge in [-0.15, -0.1) is 12.4 Å². The van der Waals surface area contributed by atoms with Gasteiger partial charge in [-0.05, 0) is 31.0 Å². The van der Waals surface area contributed by atoms with Crippen LogP contribution in [0.1, 0.15) is 30.1 Å². The average molecular weight is 328 g/mol. The van der Waals surface area contributed by atoms with Crippen molar-refractivity contribution >= 4 is 29.9 Å². The van der Waals surface area contributed by atoms with Crippen LogP contribution in [0.2, 0.25) is 0 Å². The molecule has 7 heteroatoms. The smallest absolute Gasteiger partial charge is 0.253 e. The summed E-state index contributed by atoms with van der Waals surface area (Å²) in [6, 6.07) is 5.24. The Labute approximate surface area is 136 Å². The number of benzene rings is 1. The lowest BCUT2D eigenvalue weighted by Crippen LogP contribution is -2.30. The number of amides is 2. The number of nitrogens with one attached hydrogen (secondary N) is 2. The van der Waals surface area contributed by atoms with Crippen molar-refractivity contribution in [2.75, 3.05) is 19.0 Å². The molecule has 1 fully saturated rings. The summed E-state index contributed by atoms with van der Waals surface area (Å²) in [5.41, 5.74) is 6.36. The van der Waals surface area contributed by atoms with Gasteiger partial charge in [0.1, 0.15) is 5.75 Å². The highest BCUT2D eigenvalue weighted by Crippen LogP contribution is 2.25. The molecule has 1 saturated carbocycles. The SMILES string of the molecule is COc1ccc(NC(=O)C(C)CN)c(C(=O)NC2CC2)c1.Cl. The second kappa shape index (κ2) is 8.00. The summed E-state index contributed by atoms with van der Waals surface area (Å²) < 4.78 is 5.14. The fraction of sp³-hybridized carbons (Fsp3) is 0.467. The maximum absolute atomic E-state index is 12.3. The van der Waals surface area contributed by atoms with E-state index < -0.39 is 0 Å². The minimum absolute atomic E-state index is 0. The summed E-state index contributed by atoms with van der Waals surface area (Å²) in [6.45, 7) is 1.99. The Morgan fingerprint density at radius 1 is 1.41 bits per heavy atom. The molecule has 0 aromatic heterocycles. The maximum Gasteiger partial charge on any atom is 0.253 e. The standard InChI is InChI=1S/C15H21N3O3.ClH/c1-9(8-16)14(19)18-13-6-5-11(21-2)7-12(13)15(20)17-10-3-4-10;/h5-7,9-10H,3-4,8,16H2,1-2H3,(H,17,20)(H,18,19);1H. The van der Waals surface area contributed by atoms with Crippen LogP contribution < -0.4 is 21.1 Å². The highest BCUT2D eigenvalue weighted by molar-refractivity contribution is 6.04. The second-order valence-electron chi connectivity index (χ2n) is 5.29. The van der Waals surface area contributed by atoms with E-state index in [0.29, 0.717) is 17.0 Å². The minimum atomic E-state index is -0.313. The van der Waals surface area contributed by atoms with E-state index in [2.05, 4.69) is 10.6 Å². The first kappa shape index (κ1) is 18.3. The molecule has 0 heterocycles. The van der Waals surface area contributed by atoms with Crippen molar-refractivity contribution in [1.29, 1.82) is 0 Å². The number of methoxy groups -OCH3 is 1. The van der Waals surface area contributed by atoms with Crippen molar-refractivity contribution in [1.82, 2.24) is 5.32 Å². The fourth-order valence-electron chi connectivity index (χ4n) is 1.80. The number of carbonyl (C=O) groups is 2. The van der Waals surface area contributed by atoms with Crippen LogP contribution in [0.25, 0.3) is 0 Å². The monoisotopic (exact) mass is 327 g/mol. The molecule has 1 aliphatic carbocycles. The van der Waals surface area contributed by atoms with E-state index in [0.717, 1.165) is 12.8 Å². The van der Waals surface area contributed by atoms with Crippen LogP contribution in [0.4, 0.5) is 5.69 Å². The molecule has 4 N–H and O–H groups in total. The van der Waals surface area contributed by atoms with Gasteiger partial charge in [0.15, 0.2) is 0 Å². The molecular weight excluding hydrogens is 306 g/mol. The first-order valence-corrected chi connectivity index (χ1v) is 7.05. The summed E-state index contributed by atoms with van der Waals surface area (Å²) in [6.07, 6.45) is 2.00. The highest BCUT2D eigenvalue weighted by Gasteiger charge is 2.25. The number of hydrogen-bond donors (Lipinski definition) is 3. The number of nitrogens with two attached hydrogens (primary N) is 1. The van der Waals surface area contributed by atoms with Gasteiger partial charge in [0.25, 0.3) is 5.91 Å².